The molecule has 0 saturated heterocycles. The number of anilines is 1. The summed E-state index contributed by atoms with van der Waals surface area (Å²) in [6, 6.07) is 8.04. The van der Waals surface area contributed by atoms with Gasteiger partial charge in [-0.2, -0.15) is 5.06 Å². The summed E-state index contributed by atoms with van der Waals surface area (Å²) in [7, 11) is 0. The Morgan fingerprint density at radius 3 is 2.68 bits per heavy atom. The van der Waals surface area contributed by atoms with Gasteiger partial charge in [-0.1, -0.05) is 11.6 Å². The smallest absolute Gasteiger partial charge is 0.267 e. The fourth-order valence-corrected chi connectivity index (χ4v) is 2.44. The quantitative estimate of drug-likeness (QED) is 0.834. The summed E-state index contributed by atoms with van der Waals surface area (Å²) in [5, 5.41) is 10.3. The van der Waals surface area contributed by atoms with Crippen molar-refractivity contribution in [1.29, 1.82) is 0 Å². The third kappa shape index (κ3) is 2.64. The van der Waals surface area contributed by atoms with E-state index >= 15 is 0 Å². The number of ether oxygens (including phenoxy) is 1. The summed E-state index contributed by atoms with van der Waals surface area (Å²) < 4.78 is 18.7. The normalized spacial score (nSPS) is 17.4. The van der Waals surface area contributed by atoms with Gasteiger partial charge in [0, 0.05) is 6.07 Å². The maximum absolute atomic E-state index is 13.1. The Hall–Kier alpha value is -2.15. The molecule has 0 bridgehead atoms. The van der Waals surface area contributed by atoms with E-state index in [1.54, 1.807) is 18.2 Å². The third-order valence-corrected chi connectivity index (χ3v) is 3.66. The maximum Gasteiger partial charge on any atom is 0.267 e. The molecule has 1 aliphatic heterocycles. The van der Waals surface area contributed by atoms with Crippen LogP contribution in [-0.2, 0) is 11.2 Å². The second kappa shape index (κ2) is 5.57. The predicted molar refractivity (Wildman–Crippen MR) is 78.9 cm³/mol. The number of benzene rings is 2. The molecule has 1 heterocycles. The lowest BCUT2D eigenvalue weighted by Crippen LogP contribution is -2.47. The molecule has 5 nitrogen and oxygen atoms in total. The second-order valence-corrected chi connectivity index (χ2v) is 5.34. The average molecular weight is 323 g/mol. The Bertz CT molecular complexity index is 754. The Labute approximate surface area is 130 Å². The number of nitrogens with two attached hydrogens (primary N) is 1. The van der Waals surface area contributed by atoms with Crippen LogP contribution in [0, 0.1) is 5.82 Å². The topological polar surface area (TPSA) is 75.8 Å². The molecule has 22 heavy (non-hydrogen) atoms. The van der Waals surface area contributed by atoms with E-state index in [1.807, 2.05) is 0 Å². The van der Waals surface area contributed by atoms with Gasteiger partial charge < -0.3 is 10.5 Å². The largest absolute Gasteiger partial charge is 0.457 e. The van der Waals surface area contributed by atoms with E-state index in [-0.39, 0.29) is 5.02 Å². The van der Waals surface area contributed by atoms with Crippen molar-refractivity contribution in [2.45, 2.75) is 12.5 Å². The van der Waals surface area contributed by atoms with Crippen LogP contribution in [0.4, 0.5) is 10.1 Å². The number of halogens is 2. The third-order valence-electron chi connectivity index (χ3n) is 3.37. The molecule has 0 spiro atoms. The molecular weight excluding hydrogens is 311 g/mol. The number of rotatable bonds is 2. The fourth-order valence-electron chi connectivity index (χ4n) is 2.27. The molecule has 1 amide bonds. The molecule has 114 valence electrons. The number of carbonyl (C=O) groups is 1. The zero-order valence-electron chi connectivity index (χ0n) is 11.3. The minimum atomic E-state index is -0.798. The highest BCUT2D eigenvalue weighted by Crippen LogP contribution is 2.32. The van der Waals surface area contributed by atoms with Gasteiger partial charge in [-0.15, -0.1) is 0 Å². The molecule has 0 unspecified atom stereocenters. The zero-order valence-corrected chi connectivity index (χ0v) is 12.0. The van der Waals surface area contributed by atoms with Crippen molar-refractivity contribution >= 4 is 23.2 Å². The van der Waals surface area contributed by atoms with Gasteiger partial charge in [-0.3, -0.25) is 10.0 Å². The van der Waals surface area contributed by atoms with Crippen LogP contribution in [-0.4, -0.2) is 17.2 Å². The average Bonchev–Trinajstić information content (AvgIpc) is 2.49. The molecule has 3 N–H and O–H groups in total. The van der Waals surface area contributed by atoms with Crippen molar-refractivity contribution < 1.29 is 19.1 Å². The monoisotopic (exact) mass is 322 g/mol. The number of hydrogen-bond acceptors (Lipinski definition) is 4. The molecule has 1 aliphatic rings. The molecule has 2 aromatic carbocycles. The number of nitrogens with zero attached hydrogens (tertiary/aromatic N) is 1. The maximum atomic E-state index is 13.1. The van der Waals surface area contributed by atoms with Crippen LogP contribution in [0.15, 0.2) is 36.4 Å². The minimum absolute atomic E-state index is 0.0374. The Morgan fingerprint density at radius 1 is 1.27 bits per heavy atom. The van der Waals surface area contributed by atoms with E-state index < -0.39 is 17.8 Å². The summed E-state index contributed by atoms with van der Waals surface area (Å²) in [6.45, 7) is 0. The van der Waals surface area contributed by atoms with Crippen LogP contribution in [0.5, 0.6) is 11.5 Å². The van der Waals surface area contributed by atoms with Crippen LogP contribution in [0.25, 0.3) is 0 Å². The molecule has 1 atom stereocenters. The first-order chi connectivity index (χ1) is 10.5. The Morgan fingerprint density at radius 2 is 1.95 bits per heavy atom. The second-order valence-electron chi connectivity index (χ2n) is 4.93. The van der Waals surface area contributed by atoms with E-state index in [4.69, 9.17) is 22.1 Å². The summed E-state index contributed by atoms with van der Waals surface area (Å²) in [5.41, 5.74) is 6.72. The highest BCUT2D eigenvalue weighted by atomic mass is 35.5. The van der Waals surface area contributed by atoms with Crippen molar-refractivity contribution in [2.24, 2.45) is 5.73 Å². The van der Waals surface area contributed by atoms with Gasteiger partial charge >= 0.3 is 0 Å². The van der Waals surface area contributed by atoms with Crippen LogP contribution in [0.1, 0.15) is 5.56 Å². The van der Waals surface area contributed by atoms with Crippen molar-refractivity contribution in [3.63, 3.8) is 0 Å². The zero-order chi connectivity index (χ0) is 15.9. The number of fused-ring (bicyclic) bond motifs is 1. The van der Waals surface area contributed by atoms with Gasteiger partial charge in [0.2, 0.25) is 0 Å². The van der Waals surface area contributed by atoms with Crippen molar-refractivity contribution in [3.8, 4) is 11.5 Å². The highest BCUT2D eigenvalue weighted by Gasteiger charge is 2.29. The van der Waals surface area contributed by atoms with Crippen LogP contribution >= 0.6 is 11.6 Å². The molecule has 0 aromatic heterocycles. The van der Waals surface area contributed by atoms with E-state index in [2.05, 4.69) is 0 Å². The summed E-state index contributed by atoms with van der Waals surface area (Å²) >= 11 is 5.70. The minimum Gasteiger partial charge on any atom is -0.457 e. The van der Waals surface area contributed by atoms with E-state index in [1.165, 1.54) is 18.2 Å². The van der Waals surface area contributed by atoms with E-state index in [0.29, 0.717) is 34.2 Å². The Kier molecular flexibility index (Phi) is 3.74. The van der Waals surface area contributed by atoms with E-state index in [9.17, 15) is 14.4 Å². The Balaban J connectivity index is 1.89. The first-order valence-corrected chi connectivity index (χ1v) is 6.88. The van der Waals surface area contributed by atoms with Gasteiger partial charge in [0.25, 0.3) is 5.91 Å². The lowest BCUT2D eigenvalue weighted by molar-refractivity contribution is -0.125. The number of carbonyl (C=O) groups excluding carboxylic acids is 1. The van der Waals surface area contributed by atoms with Gasteiger partial charge in [-0.05, 0) is 42.3 Å². The molecular formula is C15H12ClFN2O3. The molecule has 0 radical (unpaired) electrons. The molecule has 0 aliphatic carbocycles. The van der Waals surface area contributed by atoms with E-state index in [0.717, 1.165) is 0 Å². The van der Waals surface area contributed by atoms with Gasteiger partial charge in [0.15, 0.2) is 0 Å². The fraction of sp³-hybridized carbons (Fsp3) is 0.133. The van der Waals surface area contributed by atoms with Crippen molar-refractivity contribution in [3.05, 3.63) is 52.8 Å². The summed E-state index contributed by atoms with van der Waals surface area (Å²) in [6.07, 6.45) is 0.298. The van der Waals surface area contributed by atoms with Gasteiger partial charge in [-0.25, -0.2) is 4.39 Å². The lowest BCUT2D eigenvalue weighted by atomic mass is 9.99. The predicted octanol–water partition coefficient (Wildman–Crippen LogP) is 2.88. The molecule has 7 heteroatoms. The lowest BCUT2D eigenvalue weighted by Gasteiger charge is -2.27. The molecule has 0 saturated carbocycles. The van der Waals surface area contributed by atoms with Crippen molar-refractivity contribution in [1.82, 2.24) is 0 Å². The number of hydroxylamine groups is 1. The van der Waals surface area contributed by atoms with Gasteiger partial charge in [0.05, 0.1) is 16.8 Å². The SMILES string of the molecule is N[C@H]1Cc2cc(Oc3ccc(F)c(Cl)c3)ccc2N(O)C1=O. The van der Waals surface area contributed by atoms with Crippen LogP contribution < -0.4 is 15.5 Å². The summed E-state index contributed by atoms with van der Waals surface area (Å²) in [4.78, 5) is 11.6. The first kappa shape index (κ1) is 14.8. The molecule has 3 rings (SSSR count). The molecule has 2 aromatic rings. The standard InChI is InChI=1S/C15H12ClFN2O3/c16-11-7-10(1-3-12(11)17)22-9-2-4-14-8(5-9)6-13(18)15(20)19(14)21/h1-5,7,13,21H,6,18H2/t13-/m0/s1. The molecule has 0 fully saturated rings. The van der Waals surface area contributed by atoms with Gasteiger partial charge in [0.1, 0.15) is 17.3 Å². The van der Waals surface area contributed by atoms with Crippen molar-refractivity contribution in [2.75, 3.05) is 5.06 Å². The van der Waals surface area contributed by atoms with Crippen LogP contribution in [0.2, 0.25) is 5.02 Å². The number of amides is 1. The first-order valence-electron chi connectivity index (χ1n) is 6.50. The number of hydrogen-bond donors (Lipinski definition) is 2. The summed E-state index contributed by atoms with van der Waals surface area (Å²) in [5.74, 6) is -0.230. The highest BCUT2D eigenvalue weighted by molar-refractivity contribution is 6.30. The van der Waals surface area contributed by atoms with Crippen LogP contribution in [0.3, 0.4) is 0 Å².